The SMILES string of the molecule is CC(C)(C)OC(=O)NCC(c1ccccc1)c1ccnnc1. The van der Waals surface area contributed by atoms with Gasteiger partial charge in [0, 0.05) is 18.7 Å². The number of hydrogen-bond acceptors (Lipinski definition) is 4. The van der Waals surface area contributed by atoms with Gasteiger partial charge in [0.05, 0.1) is 6.20 Å². The third-order valence-electron chi connectivity index (χ3n) is 3.06. The minimum atomic E-state index is -0.509. The second-order valence-corrected chi connectivity index (χ2v) is 6.02. The third kappa shape index (κ3) is 4.84. The zero-order chi connectivity index (χ0) is 16.0. The molecule has 1 N–H and O–H groups in total. The van der Waals surface area contributed by atoms with Crippen molar-refractivity contribution in [3.63, 3.8) is 0 Å². The van der Waals surface area contributed by atoms with E-state index in [2.05, 4.69) is 15.5 Å². The lowest BCUT2D eigenvalue weighted by Gasteiger charge is -2.22. The van der Waals surface area contributed by atoms with E-state index in [1.54, 1.807) is 12.4 Å². The summed E-state index contributed by atoms with van der Waals surface area (Å²) in [7, 11) is 0. The van der Waals surface area contributed by atoms with Gasteiger partial charge in [0.25, 0.3) is 0 Å². The number of hydrogen-bond donors (Lipinski definition) is 1. The van der Waals surface area contributed by atoms with Gasteiger partial charge < -0.3 is 10.1 Å². The highest BCUT2D eigenvalue weighted by Gasteiger charge is 2.19. The first-order chi connectivity index (χ1) is 10.5. The first-order valence-electron chi connectivity index (χ1n) is 7.24. The van der Waals surface area contributed by atoms with E-state index < -0.39 is 11.7 Å². The summed E-state index contributed by atoms with van der Waals surface area (Å²) in [6, 6.07) is 11.9. The van der Waals surface area contributed by atoms with Crippen molar-refractivity contribution < 1.29 is 9.53 Å². The molecule has 0 bridgehead atoms. The first kappa shape index (κ1) is 15.9. The highest BCUT2D eigenvalue weighted by Crippen LogP contribution is 2.23. The summed E-state index contributed by atoms with van der Waals surface area (Å²) in [5.74, 6) is 0.00391. The fourth-order valence-corrected chi connectivity index (χ4v) is 2.12. The van der Waals surface area contributed by atoms with Crippen molar-refractivity contribution in [2.24, 2.45) is 0 Å². The summed E-state index contributed by atoms with van der Waals surface area (Å²) in [5.41, 5.74) is 1.59. The molecule has 1 atom stereocenters. The molecule has 0 radical (unpaired) electrons. The standard InChI is InChI=1S/C17H21N3O2/c1-17(2,3)22-16(21)18-12-15(13-7-5-4-6-8-13)14-9-10-19-20-11-14/h4-11,15H,12H2,1-3H3,(H,18,21). The van der Waals surface area contributed by atoms with Crippen molar-refractivity contribution in [2.45, 2.75) is 32.3 Å². The Morgan fingerprint density at radius 1 is 1.14 bits per heavy atom. The summed E-state index contributed by atoms with van der Waals surface area (Å²) >= 11 is 0. The number of carbonyl (C=O) groups is 1. The van der Waals surface area contributed by atoms with Gasteiger partial charge >= 0.3 is 6.09 Å². The van der Waals surface area contributed by atoms with Crippen LogP contribution >= 0.6 is 0 Å². The van der Waals surface area contributed by atoms with Gasteiger partial charge in [-0.2, -0.15) is 10.2 Å². The highest BCUT2D eigenvalue weighted by atomic mass is 16.6. The molecule has 0 aliphatic heterocycles. The molecule has 1 unspecified atom stereocenters. The van der Waals surface area contributed by atoms with Crippen LogP contribution < -0.4 is 5.32 Å². The normalized spacial score (nSPS) is 12.5. The molecule has 22 heavy (non-hydrogen) atoms. The van der Waals surface area contributed by atoms with Crippen LogP contribution in [0.1, 0.15) is 37.8 Å². The third-order valence-corrected chi connectivity index (χ3v) is 3.06. The van der Waals surface area contributed by atoms with E-state index in [9.17, 15) is 4.79 Å². The Labute approximate surface area is 130 Å². The van der Waals surface area contributed by atoms with Crippen LogP contribution in [0.25, 0.3) is 0 Å². The van der Waals surface area contributed by atoms with Crippen molar-refractivity contribution in [2.75, 3.05) is 6.54 Å². The van der Waals surface area contributed by atoms with Crippen LogP contribution in [0.5, 0.6) is 0 Å². The lowest BCUT2D eigenvalue weighted by Crippen LogP contribution is -2.35. The summed E-state index contributed by atoms with van der Waals surface area (Å²) < 4.78 is 5.28. The highest BCUT2D eigenvalue weighted by molar-refractivity contribution is 5.67. The average Bonchev–Trinajstić information content (AvgIpc) is 2.48. The molecule has 1 heterocycles. The van der Waals surface area contributed by atoms with E-state index in [-0.39, 0.29) is 5.92 Å². The smallest absolute Gasteiger partial charge is 0.407 e. The van der Waals surface area contributed by atoms with Gasteiger partial charge in [-0.25, -0.2) is 4.79 Å². The second-order valence-electron chi connectivity index (χ2n) is 6.02. The molecule has 5 heteroatoms. The van der Waals surface area contributed by atoms with E-state index >= 15 is 0 Å². The monoisotopic (exact) mass is 299 g/mol. The Balaban J connectivity index is 2.11. The number of carbonyl (C=O) groups excluding carboxylic acids is 1. The molecule has 0 aliphatic rings. The lowest BCUT2D eigenvalue weighted by molar-refractivity contribution is 0.0526. The zero-order valence-electron chi connectivity index (χ0n) is 13.1. The number of ether oxygens (including phenoxy) is 1. The van der Waals surface area contributed by atoms with Gasteiger partial charge in [-0.05, 0) is 38.0 Å². The molecule has 1 aromatic heterocycles. The first-order valence-corrected chi connectivity index (χ1v) is 7.24. The van der Waals surface area contributed by atoms with Crippen LogP contribution in [-0.2, 0) is 4.74 Å². The summed E-state index contributed by atoms with van der Waals surface area (Å²) in [6.45, 7) is 5.96. The maximum Gasteiger partial charge on any atom is 0.407 e. The molecule has 0 aliphatic carbocycles. The largest absolute Gasteiger partial charge is 0.444 e. The van der Waals surface area contributed by atoms with Crippen LogP contribution in [0, 0.1) is 0 Å². The number of benzene rings is 1. The van der Waals surface area contributed by atoms with Gasteiger partial charge in [0.1, 0.15) is 5.60 Å². The fraction of sp³-hybridized carbons (Fsp3) is 0.353. The van der Waals surface area contributed by atoms with Gasteiger partial charge in [-0.3, -0.25) is 0 Å². The quantitative estimate of drug-likeness (QED) is 0.942. The molecule has 0 saturated carbocycles. The van der Waals surface area contributed by atoms with Crippen molar-refractivity contribution in [1.29, 1.82) is 0 Å². The number of rotatable bonds is 4. The molecular weight excluding hydrogens is 278 g/mol. The number of alkyl carbamates (subject to hydrolysis) is 1. The van der Waals surface area contributed by atoms with E-state index in [0.29, 0.717) is 6.54 Å². The number of nitrogens with zero attached hydrogens (tertiary/aromatic N) is 2. The Morgan fingerprint density at radius 3 is 2.45 bits per heavy atom. The molecule has 116 valence electrons. The predicted octanol–water partition coefficient (Wildman–Crippen LogP) is 3.13. The predicted molar refractivity (Wildman–Crippen MR) is 84.6 cm³/mol. The summed E-state index contributed by atoms with van der Waals surface area (Å²) in [5, 5.41) is 10.6. The topological polar surface area (TPSA) is 64.1 Å². The molecule has 0 saturated heterocycles. The van der Waals surface area contributed by atoms with Gasteiger partial charge in [-0.15, -0.1) is 0 Å². The summed E-state index contributed by atoms with van der Waals surface area (Å²) in [6.07, 6.45) is 2.95. The Morgan fingerprint density at radius 2 is 1.86 bits per heavy atom. The molecule has 0 fully saturated rings. The molecule has 0 spiro atoms. The molecular formula is C17H21N3O2. The molecule has 5 nitrogen and oxygen atoms in total. The lowest BCUT2D eigenvalue weighted by atomic mass is 9.93. The summed E-state index contributed by atoms with van der Waals surface area (Å²) in [4.78, 5) is 11.9. The average molecular weight is 299 g/mol. The maximum atomic E-state index is 11.9. The van der Waals surface area contributed by atoms with Gasteiger partial charge in [0.2, 0.25) is 0 Å². The van der Waals surface area contributed by atoms with E-state index in [0.717, 1.165) is 11.1 Å². The molecule has 2 aromatic rings. The molecule has 2 rings (SSSR count). The second kappa shape index (κ2) is 7.02. The van der Waals surface area contributed by atoms with Gasteiger partial charge in [0.15, 0.2) is 0 Å². The number of amides is 1. The Kier molecular flexibility index (Phi) is 5.09. The minimum Gasteiger partial charge on any atom is -0.444 e. The Hall–Kier alpha value is -2.43. The fourth-order valence-electron chi connectivity index (χ4n) is 2.12. The van der Waals surface area contributed by atoms with Crippen molar-refractivity contribution in [1.82, 2.24) is 15.5 Å². The van der Waals surface area contributed by atoms with Gasteiger partial charge in [-0.1, -0.05) is 30.3 Å². The van der Waals surface area contributed by atoms with Crippen molar-refractivity contribution in [3.8, 4) is 0 Å². The Bertz CT molecular complexity index is 555. The number of nitrogens with one attached hydrogen (secondary N) is 1. The molecule has 1 amide bonds. The van der Waals surface area contributed by atoms with E-state index in [1.165, 1.54) is 0 Å². The number of aromatic nitrogens is 2. The van der Waals surface area contributed by atoms with E-state index in [1.807, 2.05) is 57.2 Å². The van der Waals surface area contributed by atoms with Crippen LogP contribution in [0.15, 0.2) is 48.8 Å². The molecule has 1 aromatic carbocycles. The van der Waals surface area contributed by atoms with Crippen LogP contribution in [0.4, 0.5) is 4.79 Å². The van der Waals surface area contributed by atoms with E-state index in [4.69, 9.17) is 4.74 Å². The van der Waals surface area contributed by atoms with Crippen molar-refractivity contribution >= 4 is 6.09 Å². The van der Waals surface area contributed by atoms with Crippen LogP contribution in [-0.4, -0.2) is 28.4 Å². The minimum absolute atomic E-state index is 0.00391. The van der Waals surface area contributed by atoms with Crippen molar-refractivity contribution in [3.05, 3.63) is 59.9 Å². The van der Waals surface area contributed by atoms with Crippen LogP contribution in [0.2, 0.25) is 0 Å². The maximum absolute atomic E-state index is 11.9. The zero-order valence-corrected chi connectivity index (χ0v) is 13.1. The van der Waals surface area contributed by atoms with Crippen LogP contribution in [0.3, 0.4) is 0 Å².